The summed E-state index contributed by atoms with van der Waals surface area (Å²) in [4.78, 5) is 16.1. The van der Waals surface area contributed by atoms with Crippen LogP contribution in [-0.2, 0) is 11.3 Å². The Labute approximate surface area is 131 Å². The van der Waals surface area contributed by atoms with Crippen LogP contribution < -0.4 is 0 Å². The van der Waals surface area contributed by atoms with Crippen LogP contribution in [0, 0.1) is 11.6 Å². The second-order valence-electron chi connectivity index (χ2n) is 5.57. The Bertz CT molecular complexity index is 541. The van der Waals surface area contributed by atoms with Crippen molar-refractivity contribution in [3.8, 4) is 0 Å². The molecule has 1 amide bonds. The Balaban J connectivity index is 2.91. The zero-order valence-corrected chi connectivity index (χ0v) is 13.7. The van der Waals surface area contributed by atoms with E-state index in [-0.39, 0.29) is 12.5 Å². The van der Waals surface area contributed by atoms with Gasteiger partial charge in [0.1, 0.15) is 0 Å². The lowest BCUT2D eigenvalue weighted by atomic mass is 10.1. The molecule has 122 valence electrons. The molecule has 5 heteroatoms. The molecular weight excluding hydrogens is 286 g/mol. The van der Waals surface area contributed by atoms with E-state index in [0.29, 0.717) is 24.2 Å². The maximum absolute atomic E-state index is 13.3. The molecule has 0 bridgehead atoms. The number of nitrogens with zero attached hydrogens (tertiary/aromatic N) is 2. The summed E-state index contributed by atoms with van der Waals surface area (Å²) in [6.45, 7) is 5.24. The highest BCUT2D eigenvalue weighted by Crippen LogP contribution is 2.13. The average molecular weight is 310 g/mol. The molecule has 0 heterocycles. The van der Waals surface area contributed by atoms with Crippen molar-refractivity contribution in [2.75, 3.05) is 27.2 Å². The predicted octanol–water partition coefficient (Wildman–Crippen LogP) is 3.21. The topological polar surface area (TPSA) is 23.6 Å². The van der Waals surface area contributed by atoms with Crippen molar-refractivity contribution >= 4 is 5.91 Å². The minimum absolute atomic E-state index is 0.0755. The van der Waals surface area contributed by atoms with Gasteiger partial charge in [-0.05, 0) is 45.1 Å². The van der Waals surface area contributed by atoms with Gasteiger partial charge in [-0.3, -0.25) is 4.79 Å². The highest BCUT2D eigenvalue weighted by atomic mass is 19.2. The van der Waals surface area contributed by atoms with Gasteiger partial charge in [0.05, 0.1) is 0 Å². The third kappa shape index (κ3) is 5.56. The molecule has 0 saturated carbocycles. The van der Waals surface area contributed by atoms with Crippen molar-refractivity contribution in [3.05, 3.63) is 47.0 Å². The third-order valence-corrected chi connectivity index (χ3v) is 3.31. The molecule has 0 aliphatic rings. The zero-order chi connectivity index (χ0) is 16.7. The summed E-state index contributed by atoms with van der Waals surface area (Å²) in [5.74, 6) is -1.84. The van der Waals surface area contributed by atoms with E-state index in [0.717, 1.165) is 18.6 Å². The van der Waals surface area contributed by atoms with E-state index < -0.39 is 11.6 Å². The average Bonchev–Trinajstić information content (AvgIpc) is 2.46. The van der Waals surface area contributed by atoms with Gasteiger partial charge in [0.15, 0.2) is 11.6 Å². The van der Waals surface area contributed by atoms with Crippen molar-refractivity contribution in [2.45, 2.75) is 26.8 Å². The van der Waals surface area contributed by atoms with Gasteiger partial charge < -0.3 is 9.80 Å². The number of hydrogen-bond donors (Lipinski definition) is 0. The SMILES string of the molecule is CCC=C(C)C(=O)N(CCN(C)C)Cc1ccc(F)c(F)c1. The molecule has 22 heavy (non-hydrogen) atoms. The number of rotatable bonds is 7. The predicted molar refractivity (Wildman–Crippen MR) is 84.4 cm³/mol. The van der Waals surface area contributed by atoms with Crippen molar-refractivity contribution in [2.24, 2.45) is 0 Å². The molecule has 0 aromatic heterocycles. The summed E-state index contributed by atoms with van der Waals surface area (Å²) in [5.41, 5.74) is 1.25. The van der Waals surface area contributed by atoms with Crippen LogP contribution in [0.4, 0.5) is 8.78 Å². The summed E-state index contributed by atoms with van der Waals surface area (Å²) >= 11 is 0. The van der Waals surface area contributed by atoms with Crippen LogP contribution in [0.2, 0.25) is 0 Å². The molecule has 0 saturated heterocycles. The van der Waals surface area contributed by atoms with Gasteiger partial charge in [0.2, 0.25) is 5.91 Å². The van der Waals surface area contributed by atoms with E-state index in [4.69, 9.17) is 0 Å². The third-order valence-electron chi connectivity index (χ3n) is 3.31. The minimum atomic E-state index is -0.890. The molecule has 1 aromatic carbocycles. The number of benzene rings is 1. The molecule has 0 aliphatic heterocycles. The van der Waals surface area contributed by atoms with Gasteiger partial charge in [-0.25, -0.2) is 8.78 Å². The number of halogens is 2. The number of carbonyl (C=O) groups is 1. The Morgan fingerprint density at radius 1 is 1.18 bits per heavy atom. The van der Waals surface area contributed by atoms with Crippen LogP contribution in [0.15, 0.2) is 29.8 Å². The maximum Gasteiger partial charge on any atom is 0.249 e. The summed E-state index contributed by atoms with van der Waals surface area (Å²) in [5, 5.41) is 0. The Morgan fingerprint density at radius 2 is 1.86 bits per heavy atom. The molecule has 1 rings (SSSR count). The van der Waals surface area contributed by atoms with E-state index in [1.54, 1.807) is 11.8 Å². The number of hydrogen-bond acceptors (Lipinski definition) is 2. The lowest BCUT2D eigenvalue weighted by molar-refractivity contribution is -0.127. The zero-order valence-electron chi connectivity index (χ0n) is 13.7. The van der Waals surface area contributed by atoms with Crippen molar-refractivity contribution < 1.29 is 13.6 Å². The van der Waals surface area contributed by atoms with Crippen molar-refractivity contribution in [1.82, 2.24) is 9.80 Å². The monoisotopic (exact) mass is 310 g/mol. The van der Waals surface area contributed by atoms with Crippen LogP contribution in [0.3, 0.4) is 0 Å². The van der Waals surface area contributed by atoms with Gasteiger partial charge in [0, 0.05) is 25.2 Å². The molecule has 3 nitrogen and oxygen atoms in total. The highest BCUT2D eigenvalue weighted by Gasteiger charge is 2.16. The summed E-state index contributed by atoms with van der Waals surface area (Å²) in [6, 6.07) is 3.74. The number of allylic oxidation sites excluding steroid dienone is 1. The highest BCUT2D eigenvalue weighted by molar-refractivity contribution is 5.92. The number of carbonyl (C=O) groups excluding carboxylic acids is 1. The summed E-state index contributed by atoms with van der Waals surface area (Å²) in [6.07, 6.45) is 2.65. The van der Waals surface area contributed by atoms with E-state index in [1.165, 1.54) is 6.07 Å². The first-order valence-electron chi connectivity index (χ1n) is 7.39. The normalized spacial score (nSPS) is 11.9. The smallest absolute Gasteiger partial charge is 0.249 e. The molecule has 0 aliphatic carbocycles. The fourth-order valence-corrected chi connectivity index (χ4v) is 2.07. The fraction of sp³-hybridized carbons (Fsp3) is 0.471. The second-order valence-corrected chi connectivity index (χ2v) is 5.57. The first-order valence-corrected chi connectivity index (χ1v) is 7.39. The minimum Gasteiger partial charge on any atom is -0.333 e. The van der Waals surface area contributed by atoms with Crippen LogP contribution in [0.5, 0.6) is 0 Å². The molecule has 1 aromatic rings. The summed E-state index contributed by atoms with van der Waals surface area (Å²) < 4.78 is 26.3. The molecule has 0 fully saturated rings. The number of amides is 1. The lowest BCUT2D eigenvalue weighted by Crippen LogP contribution is -2.36. The van der Waals surface area contributed by atoms with Crippen LogP contribution in [-0.4, -0.2) is 42.9 Å². The van der Waals surface area contributed by atoms with Crippen LogP contribution in [0.1, 0.15) is 25.8 Å². The largest absolute Gasteiger partial charge is 0.333 e. The van der Waals surface area contributed by atoms with E-state index in [1.807, 2.05) is 32.0 Å². The van der Waals surface area contributed by atoms with Gasteiger partial charge >= 0.3 is 0 Å². The number of likely N-dealkylation sites (N-methyl/N-ethyl adjacent to an activating group) is 1. The van der Waals surface area contributed by atoms with E-state index in [2.05, 4.69) is 0 Å². The standard InChI is InChI=1S/C17H24F2N2O/c1-5-6-13(2)17(22)21(10-9-20(3)4)12-14-7-8-15(18)16(19)11-14/h6-8,11H,5,9-10,12H2,1-4H3. The van der Waals surface area contributed by atoms with Crippen LogP contribution in [0.25, 0.3) is 0 Å². The van der Waals surface area contributed by atoms with Gasteiger partial charge in [0.25, 0.3) is 0 Å². The molecule has 0 atom stereocenters. The first kappa shape index (κ1) is 18.3. The van der Waals surface area contributed by atoms with Crippen LogP contribution >= 0.6 is 0 Å². The van der Waals surface area contributed by atoms with Gasteiger partial charge in [-0.15, -0.1) is 0 Å². The Morgan fingerprint density at radius 3 is 2.41 bits per heavy atom. The first-order chi connectivity index (χ1) is 10.3. The molecule has 0 radical (unpaired) electrons. The fourth-order valence-electron chi connectivity index (χ4n) is 2.07. The lowest BCUT2D eigenvalue weighted by Gasteiger charge is -2.25. The molecular formula is C17H24F2N2O. The second kappa shape index (κ2) is 8.63. The van der Waals surface area contributed by atoms with Gasteiger partial charge in [-0.1, -0.05) is 19.1 Å². The molecule has 0 N–H and O–H groups in total. The quantitative estimate of drug-likeness (QED) is 0.722. The Hall–Kier alpha value is -1.75. The van der Waals surface area contributed by atoms with E-state index >= 15 is 0 Å². The van der Waals surface area contributed by atoms with E-state index in [9.17, 15) is 13.6 Å². The Kier molecular flexibility index (Phi) is 7.18. The van der Waals surface area contributed by atoms with Gasteiger partial charge in [-0.2, -0.15) is 0 Å². The molecule has 0 unspecified atom stereocenters. The summed E-state index contributed by atoms with van der Waals surface area (Å²) in [7, 11) is 3.85. The maximum atomic E-state index is 13.3. The van der Waals surface area contributed by atoms with Crippen molar-refractivity contribution in [1.29, 1.82) is 0 Å². The van der Waals surface area contributed by atoms with Crippen molar-refractivity contribution in [3.63, 3.8) is 0 Å². The molecule has 0 spiro atoms.